The van der Waals surface area contributed by atoms with Crippen molar-refractivity contribution >= 4 is 12.6 Å². The summed E-state index contributed by atoms with van der Waals surface area (Å²) in [4.78, 5) is 24.8. The predicted octanol–water partition coefficient (Wildman–Crippen LogP) is -5.17. The molecule has 0 radical (unpaired) electrons. The van der Waals surface area contributed by atoms with Gasteiger partial charge in [0.25, 0.3) is 5.56 Å². The van der Waals surface area contributed by atoms with Crippen LogP contribution in [0.3, 0.4) is 0 Å². The van der Waals surface area contributed by atoms with Gasteiger partial charge in [-0.1, -0.05) is 0 Å². The van der Waals surface area contributed by atoms with E-state index >= 15 is 0 Å². The molecule has 2 heterocycles. The number of aliphatic hydroxyl groups is 3. The summed E-state index contributed by atoms with van der Waals surface area (Å²) in [5, 5.41) is 46.3. The fourth-order valence-electron chi connectivity index (χ4n) is 1.98. The van der Waals surface area contributed by atoms with Gasteiger partial charge in [0.05, 0.1) is 12.1 Å². The van der Waals surface area contributed by atoms with Crippen LogP contribution in [-0.4, -0.2) is 67.0 Å². The van der Waals surface area contributed by atoms with Crippen molar-refractivity contribution in [3.63, 3.8) is 0 Å². The molecule has 1 aliphatic rings. The molecule has 10 nitrogen and oxygen atoms in total. The average molecular weight is 288 g/mol. The number of aliphatic hydroxyl groups excluding tert-OH is 3. The van der Waals surface area contributed by atoms with Gasteiger partial charge in [0.15, 0.2) is 6.23 Å². The van der Waals surface area contributed by atoms with Crippen molar-refractivity contribution in [3.05, 3.63) is 27.0 Å². The highest BCUT2D eigenvalue weighted by Gasteiger charge is 2.44. The molecule has 0 spiro atoms. The van der Waals surface area contributed by atoms with Crippen LogP contribution in [0.5, 0.6) is 0 Å². The largest absolute Gasteiger partial charge is 0.495 e. The van der Waals surface area contributed by atoms with Gasteiger partial charge in [-0.3, -0.25) is 14.3 Å². The van der Waals surface area contributed by atoms with Crippen LogP contribution in [0, 0.1) is 0 Å². The summed E-state index contributed by atoms with van der Waals surface area (Å²) in [5.74, 6) is 0. The third kappa shape index (κ3) is 2.42. The number of rotatable bonds is 3. The number of aromatic amines is 1. The van der Waals surface area contributed by atoms with Crippen molar-refractivity contribution in [2.24, 2.45) is 0 Å². The SMILES string of the molecule is O=c1[nH]c(=O)n([C@@H]2O[C@H](CO)[C@@H](O)[C@H]2O)cc1B(O)O. The van der Waals surface area contributed by atoms with Crippen LogP contribution in [0.4, 0.5) is 0 Å². The minimum absolute atomic E-state index is 0.526. The van der Waals surface area contributed by atoms with E-state index < -0.39 is 55.0 Å². The summed E-state index contributed by atoms with van der Waals surface area (Å²) < 4.78 is 5.81. The molecule has 110 valence electrons. The van der Waals surface area contributed by atoms with E-state index in [1.807, 2.05) is 4.98 Å². The summed E-state index contributed by atoms with van der Waals surface area (Å²) >= 11 is 0. The monoisotopic (exact) mass is 288 g/mol. The maximum absolute atomic E-state index is 11.7. The number of aromatic nitrogens is 2. The molecule has 1 fully saturated rings. The standard InChI is InChI=1S/C9H13BN2O8/c13-2-4-5(14)6(15)8(20-4)12-1-3(10(18)19)7(16)11-9(12)17/h1,4-6,8,13-15,18-19H,2H2,(H,11,16,17)/t4-,5-,6-,8-/m1/s1. The first kappa shape index (κ1) is 14.9. The molecular formula is C9H13BN2O8. The Hall–Kier alpha value is -1.50. The second-order valence-corrected chi connectivity index (χ2v) is 4.35. The molecule has 4 atom stereocenters. The van der Waals surface area contributed by atoms with E-state index in [-0.39, 0.29) is 0 Å². The van der Waals surface area contributed by atoms with E-state index in [2.05, 4.69) is 0 Å². The molecule has 20 heavy (non-hydrogen) atoms. The number of hydrogen-bond donors (Lipinski definition) is 6. The second kappa shape index (κ2) is 5.48. The Balaban J connectivity index is 2.46. The fraction of sp³-hybridized carbons (Fsp3) is 0.556. The normalized spacial score (nSPS) is 29.6. The van der Waals surface area contributed by atoms with Crippen LogP contribution in [0.1, 0.15) is 6.23 Å². The molecule has 2 rings (SSSR count). The van der Waals surface area contributed by atoms with Crippen LogP contribution >= 0.6 is 0 Å². The molecule has 0 aromatic carbocycles. The van der Waals surface area contributed by atoms with E-state index in [0.29, 0.717) is 4.57 Å². The van der Waals surface area contributed by atoms with E-state index in [1.165, 1.54) is 0 Å². The Bertz CT molecular complexity index is 598. The van der Waals surface area contributed by atoms with Crippen molar-refractivity contribution in [1.82, 2.24) is 9.55 Å². The van der Waals surface area contributed by atoms with Crippen LogP contribution in [0.15, 0.2) is 15.8 Å². The summed E-state index contributed by atoms with van der Waals surface area (Å²) in [6, 6.07) is 0. The summed E-state index contributed by atoms with van der Waals surface area (Å²) in [6.45, 7) is -0.581. The van der Waals surface area contributed by atoms with Gasteiger partial charge in [-0.2, -0.15) is 0 Å². The maximum Gasteiger partial charge on any atom is 0.495 e. The van der Waals surface area contributed by atoms with Gasteiger partial charge in [-0.15, -0.1) is 0 Å². The molecule has 0 unspecified atom stereocenters. The molecule has 1 aromatic rings. The zero-order valence-electron chi connectivity index (χ0n) is 10.1. The number of ether oxygens (including phenoxy) is 1. The number of H-pyrrole nitrogens is 1. The zero-order valence-corrected chi connectivity index (χ0v) is 10.1. The Morgan fingerprint density at radius 3 is 2.45 bits per heavy atom. The predicted molar refractivity (Wildman–Crippen MR) is 64.2 cm³/mol. The minimum Gasteiger partial charge on any atom is -0.423 e. The summed E-state index contributed by atoms with van der Waals surface area (Å²) in [6.07, 6.45) is -4.61. The van der Waals surface area contributed by atoms with Crippen molar-refractivity contribution in [2.75, 3.05) is 6.61 Å². The first-order valence-corrected chi connectivity index (χ1v) is 5.70. The van der Waals surface area contributed by atoms with Crippen LogP contribution in [0.25, 0.3) is 0 Å². The van der Waals surface area contributed by atoms with E-state index in [1.54, 1.807) is 0 Å². The van der Waals surface area contributed by atoms with E-state index in [0.717, 1.165) is 6.20 Å². The minimum atomic E-state index is -2.12. The summed E-state index contributed by atoms with van der Waals surface area (Å²) in [5.41, 5.74) is -2.48. The van der Waals surface area contributed by atoms with Crippen LogP contribution in [0.2, 0.25) is 0 Å². The first-order valence-electron chi connectivity index (χ1n) is 5.70. The third-order valence-corrected chi connectivity index (χ3v) is 3.06. The smallest absolute Gasteiger partial charge is 0.423 e. The second-order valence-electron chi connectivity index (χ2n) is 4.35. The molecule has 11 heteroatoms. The van der Waals surface area contributed by atoms with Gasteiger partial charge >= 0.3 is 12.8 Å². The van der Waals surface area contributed by atoms with Gasteiger partial charge < -0.3 is 30.1 Å². The average Bonchev–Trinajstić information content (AvgIpc) is 2.66. The summed E-state index contributed by atoms with van der Waals surface area (Å²) in [7, 11) is -2.12. The Kier molecular flexibility index (Phi) is 4.08. The van der Waals surface area contributed by atoms with Crippen molar-refractivity contribution in [3.8, 4) is 0 Å². The highest BCUT2D eigenvalue weighted by atomic mass is 16.6. The highest BCUT2D eigenvalue weighted by Crippen LogP contribution is 2.27. The molecule has 0 saturated carbocycles. The van der Waals surface area contributed by atoms with Gasteiger partial charge in [0.2, 0.25) is 0 Å². The third-order valence-electron chi connectivity index (χ3n) is 3.06. The molecule has 1 aromatic heterocycles. The number of nitrogens with zero attached hydrogens (tertiary/aromatic N) is 1. The lowest BCUT2D eigenvalue weighted by molar-refractivity contribution is -0.0549. The quantitative estimate of drug-likeness (QED) is 0.300. The molecule has 6 N–H and O–H groups in total. The molecule has 0 amide bonds. The Labute approximate surface area is 111 Å². The molecule has 1 saturated heterocycles. The highest BCUT2D eigenvalue weighted by molar-refractivity contribution is 6.58. The lowest BCUT2D eigenvalue weighted by atomic mass is 9.82. The van der Waals surface area contributed by atoms with Crippen molar-refractivity contribution in [1.29, 1.82) is 0 Å². The topological polar surface area (TPSA) is 165 Å². The lowest BCUT2D eigenvalue weighted by Gasteiger charge is -2.17. The van der Waals surface area contributed by atoms with Crippen LogP contribution < -0.4 is 16.7 Å². The van der Waals surface area contributed by atoms with Crippen molar-refractivity contribution in [2.45, 2.75) is 24.5 Å². The lowest BCUT2D eigenvalue weighted by Crippen LogP contribution is -2.49. The molecular weight excluding hydrogens is 275 g/mol. The van der Waals surface area contributed by atoms with Gasteiger partial charge in [-0.25, -0.2) is 4.79 Å². The Morgan fingerprint density at radius 2 is 1.95 bits per heavy atom. The fourth-order valence-corrected chi connectivity index (χ4v) is 1.98. The zero-order chi connectivity index (χ0) is 15.0. The Morgan fingerprint density at radius 1 is 1.30 bits per heavy atom. The van der Waals surface area contributed by atoms with Gasteiger partial charge in [0, 0.05) is 6.20 Å². The first-order chi connectivity index (χ1) is 9.36. The molecule has 0 bridgehead atoms. The van der Waals surface area contributed by atoms with E-state index in [4.69, 9.17) is 19.9 Å². The van der Waals surface area contributed by atoms with E-state index in [9.17, 15) is 19.8 Å². The number of nitrogens with one attached hydrogen (secondary N) is 1. The van der Waals surface area contributed by atoms with Crippen LogP contribution in [-0.2, 0) is 4.74 Å². The van der Waals surface area contributed by atoms with Crippen molar-refractivity contribution < 1.29 is 30.1 Å². The molecule has 1 aliphatic heterocycles. The van der Waals surface area contributed by atoms with Gasteiger partial charge in [-0.05, 0) is 0 Å². The number of hydrogen-bond acceptors (Lipinski definition) is 8. The maximum atomic E-state index is 11.7. The van der Waals surface area contributed by atoms with Gasteiger partial charge in [0.1, 0.15) is 18.3 Å². The molecule has 0 aliphatic carbocycles.